The minimum absolute atomic E-state index is 0.504. The van der Waals surface area contributed by atoms with Gasteiger partial charge in [-0.05, 0) is 26.2 Å². The number of nitrogen functional groups attached to an aromatic ring is 1. The number of hydrogen-bond donors (Lipinski definition) is 2. The van der Waals surface area contributed by atoms with Crippen LogP contribution in [0.5, 0.6) is 0 Å². The zero-order valence-corrected chi connectivity index (χ0v) is 11.3. The molecule has 0 amide bonds. The lowest BCUT2D eigenvalue weighted by atomic mass is 10.1. The van der Waals surface area contributed by atoms with Gasteiger partial charge < -0.3 is 4.90 Å². The van der Waals surface area contributed by atoms with Crippen LogP contribution in [0, 0.1) is 6.92 Å². The second kappa shape index (κ2) is 6.00. The first-order chi connectivity index (χ1) is 8.74. The molecule has 1 atom stereocenters. The average molecular weight is 249 g/mol. The summed E-state index contributed by atoms with van der Waals surface area (Å²) in [6.45, 7) is 5.31. The van der Waals surface area contributed by atoms with Crippen LogP contribution in [0.3, 0.4) is 0 Å². The van der Waals surface area contributed by atoms with Gasteiger partial charge in [-0.15, -0.1) is 0 Å². The third kappa shape index (κ3) is 2.90. The first kappa shape index (κ1) is 13.1. The summed E-state index contributed by atoms with van der Waals surface area (Å²) < 4.78 is 0. The van der Waals surface area contributed by atoms with E-state index in [1.54, 1.807) is 0 Å². The zero-order valence-electron chi connectivity index (χ0n) is 11.3. The van der Waals surface area contributed by atoms with Gasteiger partial charge in [0.25, 0.3) is 0 Å². The topological polar surface area (TPSA) is 67.1 Å². The molecule has 1 fully saturated rings. The van der Waals surface area contributed by atoms with Crippen LogP contribution >= 0.6 is 0 Å². The molecule has 0 aliphatic carbocycles. The zero-order chi connectivity index (χ0) is 13.0. The maximum absolute atomic E-state index is 5.42. The predicted molar refractivity (Wildman–Crippen MR) is 74.5 cm³/mol. The minimum Gasteiger partial charge on any atom is -0.353 e. The van der Waals surface area contributed by atoms with Crippen LogP contribution in [0.15, 0.2) is 6.07 Å². The van der Waals surface area contributed by atoms with Gasteiger partial charge in [0.15, 0.2) is 0 Å². The Morgan fingerprint density at radius 3 is 2.94 bits per heavy atom. The molecule has 0 radical (unpaired) electrons. The van der Waals surface area contributed by atoms with Crippen molar-refractivity contribution < 1.29 is 0 Å². The lowest BCUT2D eigenvalue weighted by Gasteiger charge is -2.30. The third-order valence-electron chi connectivity index (χ3n) is 3.61. The molecule has 1 aromatic heterocycles. The molecule has 1 aromatic rings. The Balaban J connectivity index is 2.29. The molecule has 0 aromatic carbocycles. The molecule has 2 heterocycles. The molecule has 2 rings (SSSR count). The van der Waals surface area contributed by atoms with Crippen molar-refractivity contribution >= 4 is 11.8 Å². The number of nitrogens with one attached hydrogen (secondary N) is 1. The third-order valence-corrected chi connectivity index (χ3v) is 3.61. The summed E-state index contributed by atoms with van der Waals surface area (Å²) in [5.74, 6) is 6.93. The average Bonchev–Trinajstić information content (AvgIpc) is 2.62. The molecule has 1 aliphatic heterocycles. The van der Waals surface area contributed by atoms with Gasteiger partial charge in [-0.1, -0.05) is 19.8 Å². The highest BCUT2D eigenvalue weighted by Crippen LogP contribution is 2.25. The van der Waals surface area contributed by atoms with Gasteiger partial charge >= 0.3 is 0 Å². The molecular weight excluding hydrogens is 226 g/mol. The van der Waals surface area contributed by atoms with Crippen molar-refractivity contribution in [1.29, 1.82) is 0 Å². The summed E-state index contributed by atoms with van der Waals surface area (Å²) in [5.41, 5.74) is 3.50. The highest BCUT2D eigenvalue weighted by Gasteiger charge is 2.21. The van der Waals surface area contributed by atoms with E-state index in [0.29, 0.717) is 12.0 Å². The molecule has 1 saturated heterocycles. The quantitative estimate of drug-likeness (QED) is 0.635. The second-order valence-corrected chi connectivity index (χ2v) is 4.94. The summed E-state index contributed by atoms with van der Waals surface area (Å²) in [6, 6.07) is 2.64. The summed E-state index contributed by atoms with van der Waals surface area (Å²) in [5, 5.41) is 0. The normalized spacial score (nSPS) is 20.6. The fourth-order valence-electron chi connectivity index (χ4n) is 2.67. The van der Waals surface area contributed by atoms with Gasteiger partial charge in [0, 0.05) is 24.3 Å². The van der Waals surface area contributed by atoms with E-state index in [4.69, 9.17) is 5.84 Å². The van der Waals surface area contributed by atoms with Crippen LogP contribution in [-0.4, -0.2) is 22.6 Å². The molecule has 5 heteroatoms. The summed E-state index contributed by atoms with van der Waals surface area (Å²) in [4.78, 5) is 11.2. The van der Waals surface area contributed by atoms with Crippen LogP contribution in [0.1, 0.15) is 44.7 Å². The van der Waals surface area contributed by atoms with Gasteiger partial charge in [-0.2, -0.15) is 4.98 Å². The maximum Gasteiger partial charge on any atom is 0.239 e. The van der Waals surface area contributed by atoms with E-state index in [1.807, 2.05) is 6.92 Å². The van der Waals surface area contributed by atoms with E-state index in [-0.39, 0.29) is 0 Å². The van der Waals surface area contributed by atoms with Crippen molar-refractivity contribution in [2.24, 2.45) is 5.84 Å². The summed E-state index contributed by atoms with van der Waals surface area (Å²) >= 11 is 0. The molecule has 3 N–H and O–H groups in total. The Morgan fingerprint density at radius 1 is 1.39 bits per heavy atom. The Kier molecular flexibility index (Phi) is 4.36. The first-order valence-electron chi connectivity index (χ1n) is 6.83. The van der Waals surface area contributed by atoms with Crippen molar-refractivity contribution in [3.63, 3.8) is 0 Å². The van der Waals surface area contributed by atoms with Crippen LogP contribution in [-0.2, 0) is 0 Å². The number of anilines is 2. The number of nitrogens with two attached hydrogens (primary N) is 1. The molecule has 100 valence electrons. The number of hydrogen-bond acceptors (Lipinski definition) is 5. The van der Waals surface area contributed by atoms with Crippen LogP contribution in [0.2, 0.25) is 0 Å². The van der Waals surface area contributed by atoms with Crippen molar-refractivity contribution in [2.75, 3.05) is 16.9 Å². The maximum atomic E-state index is 5.42. The number of aryl methyl sites for hydroxylation is 1. The summed E-state index contributed by atoms with van der Waals surface area (Å²) in [6.07, 6.45) is 6.30. The van der Waals surface area contributed by atoms with Crippen molar-refractivity contribution in [3.8, 4) is 0 Å². The molecular formula is C13H23N5. The number of rotatable bonds is 3. The second-order valence-electron chi connectivity index (χ2n) is 4.94. The molecule has 0 saturated carbocycles. The van der Waals surface area contributed by atoms with Gasteiger partial charge in [0.2, 0.25) is 5.95 Å². The van der Waals surface area contributed by atoms with E-state index in [0.717, 1.165) is 24.5 Å². The predicted octanol–water partition coefficient (Wildman–Crippen LogP) is 2.23. The molecule has 0 spiro atoms. The van der Waals surface area contributed by atoms with Crippen molar-refractivity contribution in [3.05, 3.63) is 11.8 Å². The first-order valence-corrected chi connectivity index (χ1v) is 6.83. The van der Waals surface area contributed by atoms with E-state index in [1.165, 1.54) is 25.7 Å². The van der Waals surface area contributed by atoms with Gasteiger partial charge in [-0.25, -0.2) is 10.8 Å². The van der Waals surface area contributed by atoms with Crippen LogP contribution < -0.4 is 16.2 Å². The number of aromatic nitrogens is 2. The minimum atomic E-state index is 0.504. The lowest BCUT2D eigenvalue weighted by Crippen LogP contribution is -2.35. The van der Waals surface area contributed by atoms with Gasteiger partial charge in [-0.3, -0.25) is 5.43 Å². The largest absolute Gasteiger partial charge is 0.353 e. The molecule has 5 nitrogen and oxygen atoms in total. The highest BCUT2D eigenvalue weighted by molar-refractivity contribution is 5.45. The van der Waals surface area contributed by atoms with Gasteiger partial charge in [0.1, 0.15) is 5.82 Å². The monoisotopic (exact) mass is 249 g/mol. The Hall–Kier alpha value is -1.36. The molecule has 1 aliphatic rings. The SMILES string of the molecule is CCC1CCCCCN1c1cc(C)nc(NN)n1. The lowest BCUT2D eigenvalue weighted by molar-refractivity contribution is 0.552. The number of nitrogens with zero attached hydrogens (tertiary/aromatic N) is 3. The van der Waals surface area contributed by atoms with E-state index in [9.17, 15) is 0 Å². The molecule has 0 bridgehead atoms. The Labute approximate surface area is 109 Å². The van der Waals surface area contributed by atoms with E-state index >= 15 is 0 Å². The fourth-order valence-corrected chi connectivity index (χ4v) is 2.67. The molecule has 1 unspecified atom stereocenters. The van der Waals surface area contributed by atoms with E-state index < -0.39 is 0 Å². The van der Waals surface area contributed by atoms with Crippen molar-refractivity contribution in [1.82, 2.24) is 9.97 Å². The van der Waals surface area contributed by atoms with Crippen LogP contribution in [0.25, 0.3) is 0 Å². The van der Waals surface area contributed by atoms with Crippen molar-refractivity contribution in [2.45, 2.75) is 52.0 Å². The highest BCUT2D eigenvalue weighted by atomic mass is 15.3. The number of hydrazine groups is 1. The fraction of sp³-hybridized carbons (Fsp3) is 0.692. The smallest absolute Gasteiger partial charge is 0.239 e. The standard InChI is InChI=1S/C13H23N5/c1-3-11-7-5-4-6-8-18(11)12-9-10(2)15-13(16-12)17-14/h9,11H,3-8,14H2,1-2H3,(H,15,16,17). The summed E-state index contributed by atoms with van der Waals surface area (Å²) in [7, 11) is 0. The van der Waals surface area contributed by atoms with Gasteiger partial charge in [0.05, 0.1) is 0 Å². The van der Waals surface area contributed by atoms with Crippen LogP contribution in [0.4, 0.5) is 11.8 Å². The Morgan fingerprint density at radius 2 is 2.22 bits per heavy atom. The molecule has 18 heavy (non-hydrogen) atoms. The van der Waals surface area contributed by atoms with E-state index in [2.05, 4.69) is 33.3 Å². The Bertz CT molecular complexity index is 393.